The lowest BCUT2D eigenvalue weighted by Gasteiger charge is -2.36. The monoisotopic (exact) mass is 464 g/mol. The van der Waals surface area contributed by atoms with Crippen LogP contribution in [0.4, 0.5) is 0 Å². The normalized spacial score (nSPS) is 19.4. The largest absolute Gasteiger partial charge is 0.390 e. The maximum Gasteiger partial charge on any atom is 0.274 e. The van der Waals surface area contributed by atoms with E-state index in [4.69, 9.17) is 4.74 Å². The Hall–Kier alpha value is -2.84. The van der Waals surface area contributed by atoms with Crippen molar-refractivity contribution in [2.45, 2.75) is 88.4 Å². The van der Waals surface area contributed by atoms with Crippen LogP contribution in [-0.4, -0.2) is 41.7 Å². The second-order valence-corrected chi connectivity index (χ2v) is 9.86. The van der Waals surface area contributed by atoms with Gasteiger partial charge in [-0.05, 0) is 32.1 Å². The number of carbonyl (C=O) groups is 1. The number of Topliss-reactive ketones (excluding diaryl/α,β-unsaturated/α-hetero) is 1. The topological polar surface area (TPSA) is 110 Å². The van der Waals surface area contributed by atoms with Gasteiger partial charge in [-0.25, -0.2) is 4.98 Å². The van der Waals surface area contributed by atoms with Crippen LogP contribution in [0, 0.1) is 0 Å². The van der Waals surface area contributed by atoms with Gasteiger partial charge in [0, 0.05) is 18.1 Å². The van der Waals surface area contributed by atoms with Crippen LogP contribution in [0.25, 0.3) is 17.2 Å². The van der Waals surface area contributed by atoms with Crippen LogP contribution in [0.1, 0.15) is 76.3 Å². The fraction of sp³-hybridized carbons (Fsp3) is 0.538. The number of aromatic amines is 1. The molecule has 3 aromatic rings. The molecule has 8 heteroatoms. The molecule has 34 heavy (non-hydrogen) atoms. The van der Waals surface area contributed by atoms with Crippen molar-refractivity contribution in [1.29, 1.82) is 0 Å². The van der Waals surface area contributed by atoms with Crippen LogP contribution in [0.2, 0.25) is 0 Å². The zero-order valence-corrected chi connectivity index (χ0v) is 19.5. The highest BCUT2D eigenvalue weighted by Gasteiger charge is 2.41. The lowest BCUT2D eigenvalue weighted by Crippen LogP contribution is -2.44. The van der Waals surface area contributed by atoms with Crippen molar-refractivity contribution in [1.82, 2.24) is 19.6 Å². The van der Waals surface area contributed by atoms with Gasteiger partial charge in [-0.3, -0.25) is 14.7 Å². The number of ether oxygens (including phenoxy) is 1. The SMILES string of the molecule is O=C(CCC1(O)CCCC1)C1(OCc2cc(=O)n3[nH]c(-c4ccccc4)nc3n2)CCCCC1. The number of ketones is 1. The summed E-state index contributed by atoms with van der Waals surface area (Å²) in [6, 6.07) is 11.0. The van der Waals surface area contributed by atoms with Gasteiger partial charge in [0.2, 0.25) is 0 Å². The number of hydrogen-bond acceptors (Lipinski definition) is 6. The molecule has 5 rings (SSSR count). The summed E-state index contributed by atoms with van der Waals surface area (Å²) in [6.07, 6.45) is 8.72. The van der Waals surface area contributed by atoms with E-state index in [2.05, 4.69) is 15.1 Å². The molecule has 0 aliphatic heterocycles. The molecular weight excluding hydrogens is 432 g/mol. The molecule has 2 aliphatic rings. The highest BCUT2D eigenvalue weighted by Crippen LogP contribution is 2.38. The third kappa shape index (κ3) is 4.70. The molecule has 0 bridgehead atoms. The minimum atomic E-state index is -0.860. The van der Waals surface area contributed by atoms with E-state index in [-0.39, 0.29) is 23.7 Å². The van der Waals surface area contributed by atoms with E-state index in [0.29, 0.717) is 37.2 Å². The minimum Gasteiger partial charge on any atom is -0.390 e. The molecule has 0 unspecified atom stereocenters. The Balaban J connectivity index is 1.33. The van der Waals surface area contributed by atoms with Crippen LogP contribution in [0.3, 0.4) is 0 Å². The van der Waals surface area contributed by atoms with Crippen molar-refractivity contribution in [3.8, 4) is 11.4 Å². The summed E-state index contributed by atoms with van der Waals surface area (Å²) < 4.78 is 7.60. The molecule has 0 saturated heterocycles. The number of carbonyl (C=O) groups excluding carboxylic acids is 1. The van der Waals surface area contributed by atoms with Crippen molar-refractivity contribution < 1.29 is 14.6 Å². The molecule has 0 amide bonds. The van der Waals surface area contributed by atoms with Crippen molar-refractivity contribution in [3.63, 3.8) is 0 Å². The molecule has 0 spiro atoms. The zero-order chi connectivity index (χ0) is 23.6. The van der Waals surface area contributed by atoms with E-state index in [1.54, 1.807) is 0 Å². The van der Waals surface area contributed by atoms with Crippen molar-refractivity contribution >= 4 is 11.6 Å². The quantitative estimate of drug-likeness (QED) is 0.522. The first-order valence-corrected chi connectivity index (χ1v) is 12.4. The fourth-order valence-corrected chi connectivity index (χ4v) is 5.42. The standard InChI is InChI=1S/C26H32N4O4/c31-21(11-16-25(33)12-7-8-13-25)26(14-5-2-6-15-26)34-18-20-17-22(32)30-24(27-20)28-23(29-30)19-9-3-1-4-10-19/h1,3-4,9-10,17,33H,2,5-8,11-16,18H2,(H,27,28,29). The number of rotatable bonds is 8. The summed E-state index contributed by atoms with van der Waals surface area (Å²) in [6.45, 7) is 0.0786. The molecule has 180 valence electrons. The maximum absolute atomic E-state index is 13.3. The Morgan fingerprint density at radius 3 is 2.47 bits per heavy atom. The summed E-state index contributed by atoms with van der Waals surface area (Å²) in [5.41, 5.74) is -0.515. The lowest BCUT2D eigenvalue weighted by atomic mass is 9.79. The Kier molecular flexibility index (Phi) is 6.36. The summed E-state index contributed by atoms with van der Waals surface area (Å²) in [4.78, 5) is 35.0. The van der Waals surface area contributed by atoms with Gasteiger partial charge in [-0.15, -0.1) is 0 Å². The Labute approximate surface area is 198 Å². The van der Waals surface area contributed by atoms with Gasteiger partial charge in [0.05, 0.1) is 17.9 Å². The molecule has 0 radical (unpaired) electrons. The molecule has 2 aromatic heterocycles. The summed E-state index contributed by atoms with van der Waals surface area (Å²) in [5.74, 6) is 0.904. The van der Waals surface area contributed by atoms with Crippen LogP contribution in [-0.2, 0) is 16.1 Å². The van der Waals surface area contributed by atoms with Gasteiger partial charge in [0.15, 0.2) is 11.6 Å². The number of nitrogens with zero attached hydrogens (tertiary/aromatic N) is 3. The van der Waals surface area contributed by atoms with Gasteiger partial charge in [0.25, 0.3) is 11.3 Å². The molecule has 0 atom stereocenters. The van der Waals surface area contributed by atoms with E-state index < -0.39 is 11.2 Å². The Bertz CT molecular complexity index is 1200. The van der Waals surface area contributed by atoms with Crippen molar-refractivity contribution in [2.24, 2.45) is 0 Å². The molecule has 2 aliphatic carbocycles. The Morgan fingerprint density at radius 1 is 1.03 bits per heavy atom. The maximum atomic E-state index is 13.3. The predicted molar refractivity (Wildman–Crippen MR) is 127 cm³/mol. The van der Waals surface area contributed by atoms with Crippen LogP contribution < -0.4 is 5.56 Å². The average Bonchev–Trinajstić information content (AvgIpc) is 3.50. The van der Waals surface area contributed by atoms with Crippen LogP contribution in [0.15, 0.2) is 41.2 Å². The van der Waals surface area contributed by atoms with Gasteiger partial charge < -0.3 is 9.84 Å². The van der Waals surface area contributed by atoms with Gasteiger partial charge >= 0.3 is 0 Å². The summed E-state index contributed by atoms with van der Waals surface area (Å²) >= 11 is 0. The minimum absolute atomic E-state index is 0.0662. The lowest BCUT2D eigenvalue weighted by molar-refractivity contribution is -0.153. The number of benzene rings is 1. The molecule has 2 saturated carbocycles. The zero-order valence-electron chi connectivity index (χ0n) is 19.5. The Morgan fingerprint density at radius 2 is 1.74 bits per heavy atom. The van der Waals surface area contributed by atoms with Crippen LogP contribution >= 0.6 is 0 Å². The summed E-state index contributed by atoms with van der Waals surface area (Å²) in [7, 11) is 0. The third-order valence-electron chi connectivity index (χ3n) is 7.45. The smallest absolute Gasteiger partial charge is 0.274 e. The third-order valence-corrected chi connectivity index (χ3v) is 7.45. The van der Waals surface area contributed by atoms with Crippen LogP contribution in [0.5, 0.6) is 0 Å². The first-order valence-electron chi connectivity index (χ1n) is 12.4. The number of hydrogen-bond donors (Lipinski definition) is 2. The molecular formula is C26H32N4O4. The summed E-state index contributed by atoms with van der Waals surface area (Å²) in [5, 5.41) is 13.7. The second kappa shape index (κ2) is 9.43. The molecule has 2 N–H and O–H groups in total. The first-order chi connectivity index (χ1) is 16.5. The number of fused-ring (bicyclic) bond motifs is 1. The first kappa shape index (κ1) is 22.9. The molecule has 1 aromatic carbocycles. The number of H-pyrrole nitrogens is 1. The molecule has 2 heterocycles. The van der Waals surface area contributed by atoms with E-state index >= 15 is 0 Å². The highest BCUT2D eigenvalue weighted by atomic mass is 16.5. The van der Waals surface area contributed by atoms with E-state index in [1.807, 2.05) is 30.3 Å². The number of aromatic nitrogens is 4. The molecule has 2 fully saturated rings. The predicted octanol–water partition coefficient (Wildman–Crippen LogP) is 3.96. The van der Waals surface area contributed by atoms with E-state index in [1.165, 1.54) is 10.6 Å². The fourth-order valence-electron chi connectivity index (χ4n) is 5.42. The van der Waals surface area contributed by atoms with Gasteiger partial charge in [-0.1, -0.05) is 62.4 Å². The average molecular weight is 465 g/mol. The van der Waals surface area contributed by atoms with Crippen molar-refractivity contribution in [3.05, 3.63) is 52.4 Å². The highest BCUT2D eigenvalue weighted by molar-refractivity contribution is 5.87. The second-order valence-electron chi connectivity index (χ2n) is 9.86. The van der Waals surface area contributed by atoms with E-state index in [9.17, 15) is 14.7 Å². The van der Waals surface area contributed by atoms with Crippen molar-refractivity contribution in [2.75, 3.05) is 0 Å². The van der Waals surface area contributed by atoms with Gasteiger partial charge in [0.1, 0.15) is 5.60 Å². The molecule has 8 nitrogen and oxygen atoms in total. The van der Waals surface area contributed by atoms with E-state index in [0.717, 1.165) is 50.5 Å². The van der Waals surface area contributed by atoms with Gasteiger partial charge in [-0.2, -0.15) is 9.50 Å². The number of nitrogens with one attached hydrogen (secondary N) is 1. The number of aliphatic hydroxyl groups is 1.